The molecule has 0 fully saturated rings. The van der Waals surface area contributed by atoms with Crippen molar-refractivity contribution >= 4 is 11.7 Å². The Morgan fingerprint density at radius 3 is 2.38 bits per heavy atom. The van der Waals surface area contributed by atoms with Crippen LogP contribution in [0.4, 0.5) is 0 Å². The summed E-state index contributed by atoms with van der Waals surface area (Å²) >= 11 is 0. The topological polar surface area (TPSA) is 63.4 Å². The van der Waals surface area contributed by atoms with Gasteiger partial charge in [0, 0.05) is 12.0 Å². The standard InChI is InChI=1S/C18H15N5O/c24-18(15-9-5-2-6-10-15)23-16(14-7-3-1-4-8-14)13-17(20-23)22-12-11-19-21-22/h1-12,16H,13H2. The molecule has 0 spiro atoms. The van der Waals surface area contributed by atoms with E-state index in [1.165, 1.54) is 0 Å². The molecule has 3 aromatic rings. The molecule has 2 aromatic carbocycles. The maximum Gasteiger partial charge on any atom is 0.274 e. The highest BCUT2D eigenvalue weighted by atomic mass is 16.2. The van der Waals surface area contributed by atoms with Crippen molar-refractivity contribution in [3.05, 3.63) is 84.2 Å². The van der Waals surface area contributed by atoms with Crippen LogP contribution in [-0.2, 0) is 0 Å². The van der Waals surface area contributed by atoms with E-state index in [1.54, 1.807) is 34.2 Å². The Hall–Kier alpha value is -3.28. The van der Waals surface area contributed by atoms with Crippen LogP contribution in [0.15, 0.2) is 78.2 Å². The van der Waals surface area contributed by atoms with Gasteiger partial charge in [-0.1, -0.05) is 53.7 Å². The van der Waals surface area contributed by atoms with Gasteiger partial charge in [0.1, 0.15) is 0 Å². The summed E-state index contributed by atoms with van der Waals surface area (Å²) in [7, 11) is 0. The van der Waals surface area contributed by atoms with E-state index >= 15 is 0 Å². The first kappa shape index (κ1) is 14.3. The molecule has 0 bridgehead atoms. The predicted octanol–water partition coefficient (Wildman–Crippen LogP) is 2.73. The Labute approximate surface area is 139 Å². The number of nitrogens with zero attached hydrogens (tertiary/aromatic N) is 5. The lowest BCUT2D eigenvalue weighted by atomic mass is 10.0. The van der Waals surface area contributed by atoms with Crippen molar-refractivity contribution in [2.24, 2.45) is 5.10 Å². The smallest absolute Gasteiger partial charge is 0.267 e. The molecule has 2 heterocycles. The van der Waals surface area contributed by atoms with E-state index in [0.717, 1.165) is 5.56 Å². The third-order valence-electron chi connectivity index (χ3n) is 3.99. The minimum absolute atomic E-state index is 0.125. The molecule has 1 aliphatic rings. The lowest BCUT2D eigenvalue weighted by Crippen LogP contribution is -2.27. The third kappa shape index (κ3) is 2.58. The van der Waals surface area contributed by atoms with Crippen LogP contribution in [0.5, 0.6) is 0 Å². The quantitative estimate of drug-likeness (QED) is 0.730. The van der Waals surface area contributed by atoms with Gasteiger partial charge < -0.3 is 0 Å². The van der Waals surface area contributed by atoms with Gasteiger partial charge in [-0.25, -0.2) is 9.69 Å². The molecule has 1 unspecified atom stereocenters. The number of amides is 1. The van der Waals surface area contributed by atoms with Crippen molar-refractivity contribution < 1.29 is 4.79 Å². The average Bonchev–Trinajstić information content (AvgIpc) is 3.32. The number of carbonyl (C=O) groups is 1. The zero-order chi connectivity index (χ0) is 16.4. The molecule has 1 aliphatic heterocycles. The largest absolute Gasteiger partial charge is 0.274 e. The molecule has 0 aliphatic carbocycles. The summed E-state index contributed by atoms with van der Waals surface area (Å²) in [5.74, 6) is 0.574. The van der Waals surface area contributed by atoms with Gasteiger partial charge in [-0.15, -0.1) is 5.10 Å². The first-order valence-electron chi connectivity index (χ1n) is 7.70. The van der Waals surface area contributed by atoms with E-state index in [-0.39, 0.29) is 11.9 Å². The van der Waals surface area contributed by atoms with Gasteiger partial charge in [-0.3, -0.25) is 4.79 Å². The number of rotatable bonds is 2. The molecule has 6 heteroatoms. The molecular formula is C18H15N5O. The highest BCUT2D eigenvalue weighted by Crippen LogP contribution is 2.32. The molecular weight excluding hydrogens is 302 g/mol. The van der Waals surface area contributed by atoms with Crippen LogP contribution in [0, 0.1) is 0 Å². The van der Waals surface area contributed by atoms with Crippen molar-refractivity contribution in [1.29, 1.82) is 0 Å². The summed E-state index contributed by atoms with van der Waals surface area (Å²) in [5, 5.41) is 13.9. The van der Waals surface area contributed by atoms with Crippen molar-refractivity contribution in [3.8, 4) is 0 Å². The molecule has 6 nitrogen and oxygen atoms in total. The summed E-state index contributed by atoms with van der Waals surface area (Å²) < 4.78 is 1.61. The first-order valence-corrected chi connectivity index (χ1v) is 7.70. The summed E-state index contributed by atoms with van der Waals surface area (Å²) in [6.07, 6.45) is 3.92. The van der Waals surface area contributed by atoms with Gasteiger partial charge >= 0.3 is 0 Å². The molecule has 4 rings (SSSR count). The highest BCUT2D eigenvalue weighted by molar-refractivity contribution is 5.97. The molecule has 118 valence electrons. The van der Waals surface area contributed by atoms with Crippen molar-refractivity contribution in [3.63, 3.8) is 0 Å². The van der Waals surface area contributed by atoms with Crippen LogP contribution in [0.25, 0.3) is 0 Å². The van der Waals surface area contributed by atoms with E-state index in [2.05, 4.69) is 15.4 Å². The summed E-state index contributed by atoms with van der Waals surface area (Å²) in [5.41, 5.74) is 1.66. The Morgan fingerprint density at radius 1 is 1.00 bits per heavy atom. The Kier molecular flexibility index (Phi) is 3.63. The number of hydrogen-bond acceptors (Lipinski definition) is 4. The number of benzene rings is 2. The maximum atomic E-state index is 12.9. The molecule has 24 heavy (non-hydrogen) atoms. The summed E-state index contributed by atoms with van der Waals surface area (Å²) in [6, 6.07) is 18.9. The van der Waals surface area contributed by atoms with Gasteiger partial charge in [0.15, 0.2) is 5.84 Å². The molecule has 0 N–H and O–H groups in total. The van der Waals surface area contributed by atoms with Crippen LogP contribution in [0.3, 0.4) is 0 Å². The van der Waals surface area contributed by atoms with E-state index < -0.39 is 0 Å². The normalized spacial score (nSPS) is 16.9. The minimum atomic E-state index is -0.155. The lowest BCUT2D eigenvalue weighted by molar-refractivity contribution is 0.0711. The average molecular weight is 317 g/mol. The fraction of sp³-hybridized carbons (Fsp3) is 0.111. The monoisotopic (exact) mass is 317 g/mol. The first-order chi connectivity index (χ1) is 11.8. The van der Waals surface area contributed by atoms with Gasteiger partial charge in [-0.05, 0) is 17.7 Å². The van der Waals surface area contributed by atoms with Crippen molar-refractivity contribution in [2.75, 3.05) is 0 Å². The second-order valence-electron chi connectivity index (χ2n) is 5.51. The summed E-state index contributed by atoms with van der Waals surface area (Å²) in [6.45, 7) is 0. The van der Waals surface area contributed by atoms with E-state index in [1.807, 2.05) is 48.5 Å². The highest BCUT2D eigenvalue weighted by Gasteiger charge is 2.34. The zero-order valence-electron chi connectivity index (χ0n) is 12.9. The van der Waals surface area contributed by atoms with Crippen LogP contribution in [0.1, 0.15) is 28.4 Å². The van der Waals surface area contributed by atoms with Crippen LogP contribution < -0.4 is 0 Å². The molecule has 0 radical (unpaired) electrons. The second-order valence-corrected chi connectivity index (χ2v) is 5.51. The van der Waals surface area contributed by atoms with Gasteiger partial charge in [-0.2, -0.15) is 5.10 Å². The number of hydrogen-bond donors (Lipinski definition) is 0. The Balaban J connectivity index is 1.72. The van der Waals surface area contributed by atoms with Crippen LogP contribution in [0.2, 0.25) is 0 Å². The lowest BCUT2D eigenvalue weighted by Gasteiger charge is -2.21. The van der Waals surface area contributed by atoms with Crippen LogP contribution >= 0.6 is 0 Å². The molecule has 0 saturated carbocycles. The van der Waals surface area contributed by atoms with Crippen LogP contribution in [-0.4, -0.2) is 31.7 Å². The zero-order valence-corrected chi connectivity index (χ0v) is 12.9. The predicted molar refractivity (Wildman–Crippen MR) is 89.3 cm³/mol. The third-order valence-corrected chi connectivity index (χ3v) is 3.99. The fourth-order valence-corrected chi connectivity index (χ4v) is 2.81. The van der Waals surface area contributed by atoms with E-state index in [0.29, 0.717) is 17.8 Å². The fourth-order valence-electron chi connectivity index (χ4n) is 2.81. The molecule has 0 saturated heterocycles. The van der Waals surface area contributed by atoms with E-state index in [4.69, 9.17) is 0 Å². The van der Waals surface area contributed by atoms with Gasteiger partial charge in [0.2, 0.25) is 0 Å². The minimum Gasteiger partial charge on any atom is -0.267 e. The Bertz CT molecular complexity index is 859. The number of aromatic nitrogens is 3. The van der Waals surface area contributed by atoms with E-state index in [9.17, 15) is 4.79 Å². The van der Waals surface area contributed by atoms with Gasteiger partial charge in [0.05, 0.1) is 18.4 Å². The maximum absolute atomic E-state index is 12.9. The summed E-state index contributed by atoms with van der Waals surface area (Å²) in [4.78, 5) is 12.9. The Morgan fingerprint density at radius 2 is 1.71 bits per heavy atom. The second kappa shape index (κ2) is 6.08. The van der Waals surface area contributed by atoms with Crippen molar-refractivity contribution in [1.82, 2.24) is 20.0 Å². The molecule has 1 aromatic heterocycles. The number of hydrazone groups is 1. The molecule has 1 amide bonds. The molecule has 1 atom stereocenters. The number of carbonyl (C=O) groups excluding carboxylic acids is 1. The SMILES string of the molecule is O=C(c1ccccc1)N1N=C(n2ccnn2)CC1c1ccccc1. The van der Waals surface area contributed by atoms with Crippen molar-refractivity contribution in [2.45, 2.75) is 12.5 Å². The van der Waals surface area contributed by atoms with Gasteiger partial charge in [0.25, 0.3) is 5.91 Å².